The van der Waals surface area contributed by atoms with Crippen LogP contribution in [0.15, 0.2) is 76.5 Å². The zero-order valence-corrected chi connectivity index (χ0v) is 21.9. The molecule has 0 saturated carbocycles. The van der Waals surface area contributed by atoms with Crippen LogP contribution in [0.1, 0.15) is 43.7 Å². The number of carbonyl (C=O) groups excluding carboxylic acids is 1. The van der Waals surface area contributed by atoms with E-state index < -0.39 is 9.84 Å². The van der Waals surface area contributed by atoms with Gasteiger partial charge in [0.25, 0.3) is 0 Å². The average Bonchev–Trinajstić information content (AvgIpc) is 2.86. The number of benzene rings is 3. The number of rotatable bonds is 7. The van der Waals surface area contributed by atoms with Crippen LogP contribution in [-0.2, 0) is 21.2 Å². The van der Waals surface area contributed by atoms with Gasteiger partial charge < -0.3 is 5.32 Å². The standard InChI is InChI=1S/C28H30ClFN2O3S/c1-19(2)28(33)31-23-7-12-27(30)26(17-23)21-13-15-32(16-14-21)18-20-3-8-24(9-4-20)36(34,35)25-10-5-22(29)6-11-25/h3-12,17,19,21H,13-16,18H2,1-2H3,(H,31,33). The molecule has 4 rings (SSSR count). The van der Waals surface area contributed by atoms with Crippen molar-refractivity contribution < 1.29 is 17.6 Å². The Morgan fingerprint density at radius 1 is 1.00 bits per heavy atom. The number of likely N-dealkylation sites (tertiary alicyclic amines) is 1. The Morgan fingerprint density at radius 3 is 2.17 bits per heavy atom. The number of sulfone groups is 1. The molecule has 5 nitrogen and oxygen atoms in total. The van der Waals surface area contributed by atoms with Crippen LogP contribution in [0.3, 0.4) is 0 Å². The summed E-state index contributed by atoms with van der Waals surface area (Å²) in [5.74, 6) is -0.389. The summed E-state index contributed by atoms with van der Waals surface area (Å²) in [5.41, 5.74) is 2.29. The highest BCUT2D eigenvalue weighted by atomic mass is 35.5. The topological polar surface area (TPSA) is 66.5 Å². The molecule has 0 aliphatic carbocycles. The van der Waals surface area contributed by atoms with Gasteiger partial charge in [-0.05, 0) is 97.6 Å². The largest absolute Gasteiger partial charge is 0.326 e. The molecule has 8 heteroatoms. The summed E-state index contributed by atoms with van der Waals surface area (Å²) in [6.07, 6.45) is 1.61. The monoisotopic (exact) mass is 528 g/mol. The number of halogens is 2. The molecular weight excluding hydrogens is 499 g/mol. The molecule has 0 spiro atoms. The average molecular weight is 529 g/mol. The minimum Gasteiger partial charge on any atom is -0.326 e. The highest BCUT2D eigenvalue weighted by Crippen LogP contribution is 2.32. The second-order valence-electron chi connectivity index (χ2n) is 9.53. The van der Waals surface area contributed by atoms with E-state index in [1.165, 1.54) is 18.2 Å². The number of piperidine rings is 1. The lowest BCUT2D eigenvalue weighted by atomic mass is 9.88. The molecule has 0 bridgehead atoms. The highest BCUT2D eigenvalue weighted by Gasteiger charge is 2.24. The van der Waals surface area contributed by atoms with E-state index >= 15 is 0 Å². The molecule has 0 unspecified atom stereocenters. The first-order chi connectivity index (χ1) is 17.1. The molecule has 190 valence electrons. The van der Waals surface area contributed by atoms with E-state index in [1.54, 1.807) is 36.4 Å². The van der Waals surface area contributed by atoms with Gasteiger partial charge in [-0.1, -0.05) is 37.6 Å². The molecule has 36 heavy (non-hydrogen) atoms. The number of nitrogens with zero attached hydrogens (tertiary/aromatic N) is 1. The third-order valence-corrected chi connectivity index (χ3v) is 8.62. The zero-order valence-electron chi connectivity index (χ0n) is 20.4. The van der Waals surface area contributed by atoms with Gasteiger partial charge in [-0.3, -0.25) is 9.69 Å². The maximum absolute atomic E-state index is 14.6. The van der Waals surface area contributed by atoms with Crippen LogP contribution in [0.25, 0.3) is 0 Å². The molecule has 0 radical (unpaired) electrons. The van der Waals surface area contributed by atoms with Crippen molar-refractivity contribution in [3.63, 3.8) is 0 Å². The van der Waals surface area contributed by atoms with Crippen molar-refractivity contribution in [1.29, 1.82) is 0 Å². The van der Waals surface area contributed by atoms with Gasteiger partial charge in [0.05, 0.1) is 9.79 Å². The summed E-state index contributed by atoms with van der Waals surface area (Å²) >= 11 is 5.87. The lowest BCUT2D eigenvalue weighted by molar-refractivity contribution is -0.118. The van der Waals surface area contributed by atoms with E-state index in [0.717, 1.165) is 31.5 Å². The van der Waals surface area contributed by atoms with Gasteiger partial charge in [0.2, 0.25) is 15.7 Å². The van der Waals surface area contributed by atoms with Crippen LogP contribution < -0.4 is 5.32 Å². The van der Waals surface area contributed by atoms with Gasteiger partial charge in [0, 0.05) is 23.2 Å². The van der Waals surface area contributed by atoms with Gasteiger partial charge in [0.15, 0.2) is 0 Å². The molecular formula is C28H30ClFN2O3S. The molecule has 3 aromatic carbocycles. The number of anilines is 1. The normalized spacial score (nSPS) is 15.2. The molecule has 1 fully saturated rings. The molecule has 1 aliphatic heterocycles. The van der Waals surface area contributed by atoms with E-state index in [-0.39, 0.29) is 33.4 Å². The molecule has 3 aromatic rings. The van der Waals surface area contributed by atoms with Crippen LogP contribution in [0.2, 0.25) is 5.02 Å². The summed E-state index contributed by atoms with van der Waals surface area (Å²) in [6.45, 7) is 5.94. The van der Waals surface area contributed by atoms with E-state index in [1.807, 2.05) is 26.0 Å². The van der Waals surface area contributed by atoms with Crippen molar-refractivity contribution in [2.75, 3.05) is 18.4 Å². The smallest absolute Gasteiger partial charge is 0.226 e. The maximum Gasteiger partial charge on any atom is 0.226 e. The lowest BCUT2D eigenvalue weighted by Crippen LogP contribution is -2.32. The van der Waals surface area contributed by atoms with Crippen LogP contribution >= 0.6 is 11.6 Å². The highest BCUT2D eigenvalue weighted by molar-refractivity contribution is 7.91. The number of carbonyl (C=O) groups is 1. The molecule has 1 N–H and O–H groups in total. The Balaban J connectivity index is 1.36. The van der Waals surface area contributed by atoms with Gasteiger partial charge in [0.1, 0.15) is 5.82 Å². The van der Waals surface area contributed by atoms with E-state index in [9.17, 15) is 17.6 Å². The van der Waals surface area contributed by atoms with Gasteiger partial charge in [-0.25, -0.2) is 12.8 Å². The van der Waals surface area contributed by atoms with Crippen LogP contribution in [0.5, 0.6) is 0 Å². The van der Waals surface area contributed by atoms with Gasteiger partial charge >= 0.3 is 0 Å². The zero-order chi connectivity index (χ0) is 25.9. The maximum atomic E-state index is 14.6. The van der Waals surface area contributed by atoms with E-state index in [0.29, 0.717) is 22.8 Å². The first-order valence-corrected chi connectivity index (χ1v) is 13.9. The van der Waals surface area contributed by atoms with Crippen molar-refractivity contribution in [3.05, 3.63) is 88.7 Å². The molecule has 1 aliphatic rings. The Hall–Kier alpha value is -2.74. The van der Waals surface area contributed by atoms with E-state index in [4.69, 9.17) is 11.6 Å². The summed E-state index contributed by atoms with van der Waals surface area (Å²) < 4.78 is 40.3. The molecule has 1 saturated heterocycles. The minimum absolute atomic E-state index is 0.0871. The van der Waals surface area contributed by atoms with Crippen LogP contribution in [0, 0.1) is 11.7 Å². The number of amides is 1. The molecule has 1 amide bonds. The van der Waals surface area contributed by atoms with Gasteiger partial charge in [-0.15, -0.1) is 0 Å². The Kier molecular flexibility index (Phi) is 8.13. The first kappa shape index (κ1) is 26.3. The first-order valence-electron chi connectivity index (χ1n) is 12.1. The Labute approximate surface area is 217 Å². The van der Waals surface area contributed by atoms with Crippen molar-refractivity contribution in [3.8, 4) is 0 Å². The van der Waals surface area contributed by atoms with Crippen LogP contribution in [-0.4, -0.2) is 32.3 Å². The predicted molar refractivity (Wildman–Crippen MR) is 140 cm³/mol. The van der Waals surface area contributed by atoms with Crippen molar-refractivity contribution in [2.24, 2.45) is 5.92 Å². The van der Waals surface area contributed by atoms with Gasteiger partial charge in [-0.2, -0.15) is 0 Å². The van der Waals surface area contributed by atoms with Crippen molar-refractivity contribution >= 4 is 33.0 Å². The third kappa shape index (κ3) is 6.14. The second-order valence-corrected chi connectivity index (χ2v) is 11.9. The Bertz CT molecular complexity index is 1320. The number of hydrogen-bond donors (Lipinski definition) is 1. The number of hydrogen-bond acceptors (Lipinski definition) is 4. The quantitative estimate of drug-likeness (QED) is 0.391. The number of nitrogens with one attached hydrogen (secondary N) is 1. The van der Waals surface area contributed by atoms with E-state index in [2.05, 4.69) is 10.2 Å². The fraction of sp³-hybridized carbons (Fsp3) is 0.321. The Morgan fingerprint density at radius 2 is 1.58 bits per heavy atom. The fourth-order valence-electron chi connectivity index (χ4n) is 4.41. The minimum atomic E-state index is -3.60. The predicted octanol–water partition coefficient (Wildman–Crippen LogP) is 6.29. The second kappa shape index (κ2) is 11.1. The lowest BCUT2D eigenvalue weighted by Gasteiger charge is -2.32. The molecule has 0 atom stereocenters. The summed E-state index contributed by atoms with van der Waals surface area (Å²) in [7, 11) is -3.60. The van der Waals surface area contributed by atoms with Crippen molar-refractivity contribution in [2.45, 2.75) is 48.9 Å². The fourth-order valence-corrected chi connectivity index (χ4v) is 5.79. The SMILES string of the molecule is CC(C)C(=O)Nc1ccc(F)c(C2CCN(Cc3ccc(S(=O)(=O)c4ccc(Cl)cc4)cc3)CC2)c1. The summed E-state index contributed by atoms with van der Waals surface area (Å²) in [4.78, 5) is 14.8. The third-order valence-electron chi connectivity index (χ3n) is 6.58. The summed E-state index contributed by atoms with van der Waals surface area (Å²) in [5, 5.41) is 3.34. The van der Waals surface area contributed by atoms with Crippen molar-refractivity contribution in [1.82, 2.24) is 4.90 Å². The van der Waals surface area contributed by atoms with Crippen LogP contribution in [0.4, 0.5) is 10.1 Å². The molecule has 0 aromatic heterocycles. The summed E-state index contributed by atoms with van der Waals surface area (Å²) in [6, 6.07) is 17.9. The molecule has 1 heterocycles.